The van der Waals surface area contributed by atoms with Crippen LogP contribution in [0, 0.1) is 0 Å². The minimum absolute atomic E-state index is 0.181. The lowest BCUT2D eigenvalue weighted by molar-refractivity contribution is -0.139. The summed E-state index contributed by atoms with van der Waals surface area (Å²) in [6.45, 7) is 0. The van der Waals surface area contributed by atoms with Gasteiger partial charge < -0.3 is 10.4 Å². The average Bonchev–Trinajstić information content (AvgIpc) is 2.69. The van der Waals surface area contributed by atoms with Gasteiger partial charge in [-0.1, -0.05) is 78.3 Å². The zero-order valence-electron chi connectivity index (χ0n) is 14.4. The van der Waals surface area contributed by atoms with E-state index in [9.17, 15) is 14.7 Å². The first-order valence-corrected chi connectivity index (χ1v) is 8.85. The molecule has 0 saturated carbocycles. The Kier molecular flexibility index (Phi) is 5.89. The summed E-state index contributed by atoms with van der Waals surface area (Å²) in [5.74, 6) is -1.60. The fraction of sp³-hybridized carbons (Fsp3) is 0.0909. The number of benzene rings is 3. The average molecular weight is 380 g/mol. The number of amides is 1. The van der Waals surface area contributed by atoms with Crippen molar-refractivity contribution in [2.45, 2.75) is 12.5 Å². The molecule has 3 aromatic rings. The first-order chi connectivity index (χ1) is 13.0. The van der Waals surface area contributed by atoms with Gasteiger partial charge in [0.25, 0.3) is 5.91 Å². The number of carboxylic acid groups (broad SMARTS) is 1. The van der Waals surface area contributed by atoms with Gasteiger partial charge in [0.15, 0.2) is 0 Å². The van der Waals surface area contributed by atoms with Crippen molar-refractivity contribution in [1.29, 1.82) is 0 Å². The summed E-state index contributed by atoms with van der Waals surface area (Å²) < 4.78 is 0. The molecule has 4 nitrogen and oxygen atoms in total. The van der Waals surface area contributed by atoms with Gasteiger partial charge in [-0.3, -0.25) is 4.79 Å². The molecule has 1 atom stereocenters. The third-order valence-electron chi connectivity index (χ3n) is 4.22. The lowest BCUT2D eigenvalue weighted by Gasteiger charge is -2.15. The highest BCUT2D eigenvalue weighted by Crippen LogP contribution is 2.20. The van der Waals surface area contributed by atoms with E-state index in [4.69, 9.17) is 11.6 Å². The van der Waals surface area contributed by atoms with Crippen molar-refractivity contribution < 1.29 is 14.7 Å². The molecular weight excluding hydrogens is 362 g/mol. The van der Waals surface area contributed by atoms with E-state index < -0.39 is 17.9 Å². The normalized spacial score (nSPS) is 11.6. The summed E-state index contributed by atoms with van der Waals surface area (Å²) in [5, 5.41) is 12.3. The van der Waals surface area contributed by atoms with Crippen LogP contribution in [0.25, 0.3) is 11.1 Å². The van der Waals surface area contributed by atoms with E-state index in [1.165, 1.54) is 0 Å². The molecule has 0 aromatic heterocycles. The summed E-state index contributed by atoms with van der Waals surface area (Å²) in [6.07, 6.45) is 0.181. The van der Waals surface area contributed by atoms with E-state index in [-0.39, 0.29) is 17.0 Å². The summed E-state index contributed by atoms with van der Waals surface area (Å²) in [4.78, 5) is 23.9. The van der Waals surface area contributed by atoms with Crippen LogP contribution < -0.4 is 5.32 Å². The predicted octanol–water partition coefficient (Wildman–Crippen LogP) is 4.43. The number of rotatable bonds is 6. The first kappa shape index (κ1) is 18.7. The van der Waals surface area contributed by atoms with Crippen molar-refractivity contribution in [3.63, 3.8) is 0 Å². The van der Waals surface area contributed by atoms with Crippen LogP contribution in [-0.2, 0) is 11.2 Å². The van der Waals surface area contributed by atoms with Crippen LogP contribution in [0.4, 0.5) is 0 Å². The van der Waals surface area contributed by atoms with Crippen molar-refractivity contribution in [2.24, 2.45) is 0 Å². The molecule has 0 saturated heterocycles. The second kappa shape index (κ2) is 8.52. The summed E-state index contributed by atoms with van der Waals surface area (Å²) in [6, 6.07) is 23.0. The van der Waals surface area contributed by atoms with Crippen LogP contribution in [0.2, 0.25) is 5.02 Å². The van der Waals surface area contributed by atoms with Crippen molar-refractivity contribution in [2.75, 3.05) is 0 Å². The topological polar surface area (TPSA) is 66.4 Å². The minimum atomic E-state index is -1.09. The fourth-order valence-corrected chi connectivity index (χ4v) is 3.00. The molecule has 0 aliphatic rings. The summed E-state index contributed by atoms with van der Waals surface area (Å²) in [7, 11) is 0. The van der Waals surface area contributed by atoms with Gasteiger partial charge in [-0.05, 0) is 28.8 Å². The predicted molar refractivity (Wildman–Crippen MR) is 106 cm³/mol. The Hall–Kier alpha value is -3.11. The van der Waals surface area contributed by atoms with Gasteiger partial charge in [-0.25, -0.2) is 4.79 Å². The van der Waals surface area contributed by atoms with Crippen molar-refractivity contribution in [1.82, 2.24) is 5.32 Å². The van der Waals surface area contributed by atoms with Gasteiger partial charge in [0.1, 0.15) is 6.04 Å². The van der Waals surface area contributed by atoms with Gasteiger partial charge in [0, 0.05) is 6.42 Å². The molecule has 2 N–H and O–H groups in total. The van der Waals surface area contributed by atoms with Gasteiger partial charge in [0.05, 0.1) is 10.6 Å². The highest BCUT2D eigenvalue weighted by molar-refractivity contribution is 6.33. The third-order valence-corrected chi connectivity index (χ3v) is 4.55. The number of nitrogens with one attached hydrogen (secondary N) is 1. The second-order valence-electron chi connectivity index (χ2n) is 6.11. The van der Waals surface area contributed by atoms with Crippen LogP contribution in [0.3, 0.4) is 0 Å². The molecule has 5 heteroatoms. The Bertz CT molecular complexity index is 939. The van der Waals surface area contributed by atoms with Crippen LogP contribution in [0.5, 0.6) is 0 Å². The molecule has 0 spiro atoms. The highest BCUT2D eigenvalue weighted by Gasteiger charge is 2.22. The minimum Gasteiger partial charge on any atom is -0.480 e. The molecule has 0 fully saturated rings. The zero-order chi connectivity index (χ0) is 19.2. The quantitative estimate of drug-likeness (QED) is 0.665. The van der Waals surface area contributed by atoms with Crippen LogP contribution in [0.15, 0.2) is 78.9 Å². The van der Waals surface area contributed by atoms with Crippen molar-refractivity contribution in [3.05, 3.63) is 95.0 Å². The fourth-order valence-electron chi connectivity index (χ4n) is 2.78. The van der Waals surface area contributed by atoms with E-state index in [0.717, 1.165) is 16.7 Å². The molecule has 1 amide bonds. The summed E-state index contributed by atoms with van der Waals surface area (Å²) >= 11 is 6.01. The lowest BCUT2D eigenvalue weighted by atomic mass is 10.0. The van der Waals surface area contributed by atoms with Crippen LogP contribution >= 0.6 is 11.6 Å². The number of aliphatic carboxylic acids is 1. The van der Waals surface area contributed by atoms with Crippen LogP contribution in [0.1, 0.15) is 15.9 Å². The molecule has 0 heterocycles. The third kappa shape index (κ3) is 4.74. The van der Waals surface area contributed by atoms with Crippen LogP contribution in [-0.4, -0.2) is 23.0 Å². The second-order valence-corrected chi connectivity index (χ2v) is 6.52. The Morgan fingerprint density at radius 3 is 2.07 bits per heavy atom. The smallest absolute Gasteiger partial charge is 0.326 e. The Labute approximate surface area is 162 Å². The molecular formula is C22H18ClNO3. The van der Waals surface area contributed by atoms with Crippen molar-refractivity contribution >= 4 is 23.5 Å². The Morgan fingerprint density at radius 1 is 0.852 bits per heavy atom. The van der Waals surface area contributed by atoms with E-state index in [1.54, 1.807) is 24.3 Å². The molecule has 136 valence electrons. The number of halogens is 1. The maximum absolute atomic E-state index is 12.4. The maximum atomic E-state index is 12.4. The number of carboxylic acids is 1. The number of carbonyl (C=O) groups is 2. The molecule has 0 aliphatic heterocycles. The summed E-state index contributed by atoms with van der Waals surface area (Å²) in [5.41, 5.74) is 3.21. The Morgan fingerprint density at radius 2 is 1.44 bits per heavy atom. The van der Waals surface area contributed by atoms with E-state index in [0.29, 0.717) is 0 Å². The molecule has 3 rings (SSSR count). The lowest BCUT2D eigenvalue weighted by Crippen LogP contribution is -2.42. The van der Waals surface area contributed by atoms with Crippen molar-refractivity contribution in [3.8, 4) is 11.1 Å². The van der Waals surface area contributed by atoms with Gasteiger partial charge in [-0.15, -0.1) is 0 Å². The first-order valence-electron chi connectivity index (χ1n) is 8.47. The van der Waals surface area contributed by atoms with E-state index >= 15 is 0 Å². The van der Waals surface area contributed by atoms with Gasteiger partial charge in [-0.2, -0.15) is 0 Å². The molecule has 27 heavy (non-hydrogen) atoms. The Balaban J connectivity index is 1.72. The molecule has 0 unspecified atom stereocenters. The monoisotopic (exact) mass is 379 g/mol. The standard InChI is InChI=1S/C22H18ClNO3/c23-19-9-5-4-8-18(19)21(25)24-20(22(26)27)14-15-10-12-17(13-11-15)16-6-2-1-3-7-16/h1-13,20H,14H2,(H,24,25)(H,26,27)/t20-/m1/s1. The molecule has 0 radical (unpaired) electrons. The highest BCUT2D eigenvalue weighted by atomic mass is 35.5. The van der Waals surface area contributed by atoms with E-state index in [1.807, 2.05) is 54.6 Å². The SMILES string of the molecule is O=C(N[C@H](Cc1ccc(-c2ccccc2)cc1)C(=O)O)c1ccccc1Cl. The maximum Gasteiger partial charge on any atom is 0.326 e. The molecule has 0 aliphatic carbocycles. The van der Waals surface area contributed by atoms with Gasteiger partial charge in [0.2, 0.25) is 0 Å². The largest absolute Gasteiger partial charge is 0.480 e. The number of hydrogen-bond acceptors (Lipinski definition) is 2. The number of carbonyl (C=O) groups excluding carboxylic acids is 1. The van der Waals surface area contributed by atoms with E-state index in [2.05, 4.69) is 5.32 Å². The zero-order valence-corrected chi connectivity index (χ0v) is 15.2. The molecule has 3 aromatic carbocycles. The molecule has 0 bridgehead atoms. The van der Waals surface area contributed by atoms with Gasteiger partial charge >= 0.3 is 5.97 Å². The number of hydrogen-bond donors (Lipinski definition) is 2.